The van der Waals surface area contributed by atoms with E-state index in [4.69, 9.17) is 34.8 Å². The smallest absolute Gasteiger partial charge is 0.291 e. The number of nitrogens with one attached hydrogen (secondary N) is 1. The zero-order chi connectivity index (χ0) is 22.2. The minimum absolute atomic E-state index is 0.0605. The maximum Gasteiger partial charge on any atom is 0.291 e. The lowest BCUT2D eigenvalue weighted by Gasteiger charge is -2.12. The first kappa shape index (κ1) is 21.0. The van der Waals surface area contributed by atoms with Gasteiger partial charge in [-0.15, -0.1) is 5.10 Å². The monoisotopic (exact) mass is 482 g/mol. The molecule has 1 aliphatic carbocycles. The average Bonchev–Trinajstić information content (AvgIpc) is 3.39. The van der Waals surface area contributed by atoms with Crippen LogP contribution in [0, 0.1) is 0 Å². The highest BCUT2D eigenvalue weighted by atomic mass is 35.5. The molecule has 5 nitrogen and oxygen atoms in total. The van der Waals surface area contributed by atoms with E-state index in [-0.39, 0.29) is 17.8 Å². The van der Waals surface area contributed by atoms with Gasteiger partial charge < -0.3 is 5.32 Å². The van der Waals surface area contributed by atoms with E-state index in [2.05, 4.69) is 21.5 Å². The van der Waals surface area contributed by atoms with E-state index < -0.39 is 0 Å². The van der Waals surface area contributed by atoms with Crippen LogP contribution in [-0.4, -0.2) is 20.7 Å². The summed E-state index contributed by atoms with van der Waals surface area (Å²) in [6.45, 7) is 0. The fraction of sp³-hybridized carbons (Fsp3) is 0.125. The van der Waals surface area contributed by atoms with Crippen molar-refractivity contribution in [1.82, 2.24) is 20.1 Å². The number of carbonyl (C=O) groups excluding carboxylic acids is 1. The van der Waals surface area contributed by atoms with E-state index in [0.717, 1.165) is 18.4 Å². The molecule has 1 unspecified atom stereocenters. The molecule has 32 heavy (non-hydrogen) atoms. The summed E-state index contributed by atoms with van der Waals surface area (Å²) >= 11 is 18.6. The molecule has 0 fully saturated rings. The van der Waals surface area contributed by atoms with Crippen LogP contribution in [-0.2, 0) is 6.42 Å². The Hall–Kier alpha value is -2.86. The van der Waals surface area contributed by atoms with Crippen molar-refractivity contribution in [2.75, 3.05) is 0 Å². The first-order valence-electron chi connectivity index (χ1n) is 10.1. The minimum Gasteiger partial charge on any atom is -0.342 e. The summed E-state index contributed by atoms with van der Waals surface area (Å²) in [7, 11) is 0. The number of rotatable bonds is 4. The van der Waals surface area contributed by atoms with Crippen molar-refractivity contribution in [1.29, 1.82) is 0 Å². The zero-order valence-electron chi connectivity index (χ0n) is 16.7. The quantitative estimate of drug-likeness (QED) is 0.370. The van der Waals surface area contributed by atoms with Crippen molar-refractivity contribution >= 4 is 40.7 Å². The van der Waals surface area contributed by atoms with E-state index in [0.29, 0.717) is 32.1 Å². The molecular weight excluding hydrogens is 467 g/mol. The van der Waals surface area contributed by atoms with Crippen LogP contribution in [0.4, 0.5) is 0 Å². The molecule has 1 aliphatic rings. The lowest BCUT2D eigenvalue weighted by Crippen LogP contribution is -2.28. The SMILES string of the molecule is O=C(NC1CCc2ccccc21)c1nc(-c2ccc(Cl)cc2Cl)n(-c2ccc(Cl)cc2)n1. The Morgan fingerprint density at radius 2 is 1.72 bits per heavy atom. The van der Waals surface area contributed by atoms with Crippen molar-refractivity contribution in [3.05, 3.63) is 98.7 Å². The number of hydrogen-bond donors (Lipinski definition) is 1. The third-order valence-corrected chi connectivity index (χ3v) is 6.29. The maximum absolute atomic E-state index is 13.1. The molecule has 0 saturated heterocycles. The Kier molecular flexibility index (Phi) is 5.64. The molecule has 1 aromatic heterocycles. The number of amides is 1. The summed E-state index contributed by atoms with van der Waals surface area (Å²) in [4.78, 5) is 17.7. The number of halogens is 3. The van der Waals surface area contributed by atoms with Gasteiger partial charge in [0.15, 0.2) is 5.82 Å². The van der Waals surface area contributed by atoms with Crippen LogP contribution in [0.25, 0.3) is 17.1 Å². The van der Waals surface area contributed by atoms with Crippen molar-refractivity contribution in [2.24, 2.45) is 0 Å². The van der Waals surface area contributed by atoms with Gasteiger partial charge >= 0.3 is 0 Å². The van der Waals surface area contributed by atoms with Crippen molar-refractivity contribution in [2.45, 2.75) is 18.9 Å². The minimum atomic E-state index is -0.342. The molecule has 1 amide bonds. The summed E-state index contributed by atoms with van der Waals surface area (Å²) in [6, 6.07) is 20.3. The Bertz CT molecular complexity index is 1320. The van der Waals surface area contributed by atoms with Crippen LogP contribution in [0.5, 0.6) is 0 Å². The number of benzene rings is 3. The Morgan fingerprint density at radius 1 is 0.969 bits per heavy atom. The first-order chi connectivity index (χ1) is 15.5. The Morgan fingerprint density at radius 3 is 2.50 bits per heavy atom. The van der Waals surface area contributed by atoms with Crippen molar-refractivity contribution in [3.63, 3.8) is 0 Å². The molecule has 0 saturated carbocycles. The largest absolute Gasteiger partial charge is 0.342 e. The number of aromatic nitrogens is 3. The standard InChI is InChI=1S/C24H17Cl3N4O/c25-15-6-9-17(10-7-15)31-23(19-11-8-16(26)13-20(19)27)29-22(30-31)24(32)28-21-12-5-14-3-1-2-4-18(14)21/h1-4,6-11,13,21H,5,12H2,(H,28,32). The van der Waals surface area contributed by atoms with E-state index >= 15 is 0 Å². The second kappa shape index (κ2) is 8.58. The first-order valence-corrected chi connectivity index (χ1v) is 11.2. The van der Waals surface area contributed by atoms with E-state index in [1.54, 1.807) is 47.1 Å². The molecule has 0 bridgehead atoms. The van der Waals surface area contributed by atoms with Crippen LogP contribution >= 0.6 is 34.8 Å². The Labute approximate surface area is 200 Å². The van der Waals surface area contributed by atoms with Crippen LogP contribution in [0.15, 0.2) is 66.7 Å². The molecule has 4 aromatic rings. The lowest BCUT2D eigenvalue weighted by atomic mass is 10.1. The number of hydrogen-bond acceptors (Lipinski definition) is 3. The topological polar surface area (TPSA) is 59.8 Å². The van der Waals surface area contributed by atoms with Crippen molar-refractivity contribution in [3.8, 4) is 17.1 Å². The van der Waals surface area contributed by atoms with Gasteiger partial charge in [0, 0.05) is 15.6 Å². The molecule has 0 radical (unpaired) electrons. The molecular formula is C24H17Cl3N4O. The molecule has 3 aromatic carbocycles. The summed E-state index contributed by atoms with van der Waals surface area (Å²) in [5.41, 5.74) is 3.71. The van der Waals surface area contributed by atoms with Gasteiger partial charge in [0.2, 0.25) is 5.82 Å². The third-order valence-electron chi connectivity index (χ3n) is 5.49. The maximum atomic E-state index is 13.1. The normalized spacial score (nSPS) is 14.9. The van der Waals surface area contributed by atoms with E-state index in [1.165, 1.54) is 5.56 Å². The number of nitrogens with zero attached hydrogens (tertiary/aromatic N) is 3. The predicted molar refractivity (Wildman–Crippen MR) is 127 cm³/mol. The second-order valence-corrected chi connectivity index (χ2v) is 8.82. The van der Waals surface area contributed by atoms with Crippen LogP contribution in [0.3, 0.4) is 0 Å². The van der Waals surface area contributed by atoms with Gasteiger partial charge in [0.1, 0.15) is 0 Å². The molecule has 8 heteroatoms. The van der Waals surface area contributed by atoms with Gasteiger partial charge in [-0.1, -0.05) is 59.1 Å². The van der Waals surface area contributed by atoms with Gasteiger partial charge in [-0.05, 0) is 66.4 Å². The zero-order valence-corrected chi connectivity index (χ0v) is 19.0. The molecule has 1 heterocycles. The molecule has 0 spiro atoms. The van der Waals surface area contributed by atoms with Gasteiger partial charge in [0.05, 0.1) is 16.8 Å². The summed E-state index contributed by atoms with van der Waals surface area (Å²) in [6.07, 6.45) is 1.78. The highest BCUT2D eigenvalue weighted by Crippen LogP contribution is 2.32. The molecule has 1 atom stereocenters. The predicted octanol–water partition coefficient (Wildman–Crippen LogP) is 6.31. The average molecular weight is 484 g/mol. The summed E-state index contributed by atoms with van der Waals surface area (Å²) in [5.74, 6) is 0.155. The van der Waals surface area contributed by atoms with Crippen molar-refractivity contribution < 1.29 is 4.79 Å². The van der Waals surface area contributed by atoms with Gasteiger partial charge in [-0.3, -0.25) is 4.79 Å². The number of aryl methyl sites for hydroxylation is 1. The van der Waals surface area contributed by atoms with E-state index in [1.807, 2.05) is 18.2 Å². The molecule has 5 rings (SSSR count). The fourth-order valence-corrected chi connectivity index (χ4v) is 4.56. The summed E-state index contributed by atoms with van der Waals surface area (Å²) in [5, 5.41) is 9.10. The van der Waals surface area contributed by atoms with Gasteiger partial charge in [-0.25, -0.2) is 9.67 Å². The van der Waals surface area contributed by atoms with Crippen LogP contribution in [0.2, 0.25) is 15.1 Å². The van der Waals surface area contributed by atoms with E-state index in [9.17, 15) is 4.79 Å². The van der Waals surface area contributed by atoms with Gasteiger partial charge in [0.25, 0.3) is 5.91 Å². The lowest BCUT2D eigenvalue weighted by molar-refractivity contribution is 0.0926. The molecule has 0 aliphatic heterocycles. The highest BCUT2D eigenvalue weighted by Gasteiger charge is 2.27. The Balaban J connectivity index is 1.53. The fourth-order valence-electron chi connectivity index (χ4n) is 3.95. The molecule has 1 N–H and O–H groups in total. The second-order valence-electron chi connectivity index (χ2n) is 7.53. The van der Waals surface area contributed by atoms with Gasteiger partial charge in [-0.2, -0.15) is 0 Å². The van der Waals surface area contributed by atoms with Crippen LogP contribution < -0.4 is 5.32 Å². The van der Waals surface area contributed by atoms with Crippen LogP contribution in [0.1, 0.15) is 34.2 Å². The third kappa shape index (κ3) is 3.99. The highest BCUT2D eigenvalue weighted by molar-refractivity contribution is 6.36. The summed E-state index contributed by atoms with van der Waals surface area (Å²) < 4.78 is 1.59. The number of fused-ring (bicyclic) bond motifs is 1. The number of carbonyl (C=O) groups is 1. The molecule has 160 valence electrons.